The molecule has 0 saturated heterocycles. The van der Waals surface area contributed by atoms with Crippen LogP contribution in [0.5, 0.6) is 0 Å². The number of halogens is 3. The second-order valence-electron chi connectivity index (χ2n) is 8.74. The van der Waals surface area contributed by atoms with Gasteiger partial charge in [-0.3, -0.25) is 0 Å². The van der Waals surface area contributed by atoms with Gasteiger partial charge in [0.25, 0.3) is 0 Å². The summed E-state index contributed by atoms with van der Waals surface area (Å²) in [6, 6.07) is 8.56. The Bertz CT molecular complexity index is 892. The summed E-state index contributed by atoms with van der Waals surface area (Å²) in [6.45, 7) is 0. The number of hydrogen-bond donors (Lipinski definition) is 0. The van der Waals surface area contributed by atoms with Gasteiger partial charge in [-0.15, -0.1) is 10.2 Å². The SMILES string of the molecule is FC(F)(F)c1nnc(C23CC4CC5CC(C2)C54C3)nc1-c1ccccc1. The molecule has 0 N–H and O–H groups in total. The van der Waals surface area contributed by atoms with Crippen LogP contribution in [0.4, 0.5) is 13.2 Å². The highest BCUT2D eigenvalue weighted by Crippen LogP contribution is 2.84. The van der Waals surface area contributed by atoms with Gasteiger partial charge >= 0.3 is 6.18 Å². The molecule has 4 aliphatic rings. The van der Waals surface area contributed by atoms with E-state index in [-0.39, 0.29) is 11.1 Å². The quantitative estimate of drug-likeness (QED) is 0.786. The van der Waals surface area contributed by atoms with E-state index in [9.17, 15) is 13.2 Å². The van der Waals surface area contributed by atoms with E-state index in [1.807, 2.05) is 0 Å². The summed E-state index contributed by atoms with van der Waals surface area (Å²) in [4.78, 5) is 4.51. The highest BCUT2D eigenvalue weighted by molar-refractivity contribution is 5.62. The molecule has 134 valence electrons. The lowest BCUT2D eigenvalue weighted by molar-refractivity contribution is -0.175. The van der Waals surface area contributed by atoms with Gasteiger partial charge in [-0.2, -0.15) is 13.2 Å². The average molecular weight is 357 g/mol. The third-order valence-corrected chi connectivity index (χ3v) is 7.81. The van der Waals surface area contributed by atoms with Crippen LogP contribution in [0.1, 0.15) is 43.6 Å². The minimum absolute atomic E-state index is 0.0787. The fourth-order valence-corrected chi connectivity index (χ4v) is 6.88. The topological polar surface area (TPSA) is 38.7 Å². The Labute approximate surface area is 149 Å². The molecule has 2 aromatic rings. The Kier molecular flexibility index (Phi) is 2.59. The van der Waals surface area contributed by atoms with Gasteiger partial charge < -0.3 is 0 Å². The molecule has 1 aromatic carbocycles. The smallest absolute Gasteiger partial charge is 0.228 e. The van der Waals surface area contributed by atoms with Crippen LogP contribution in [0.25, 0.3) is 11.3 Å². The number of aromatic nitrogens is 3. The maximum atomic E-state index is 13.5. The van der Waals surface area contributed by atoms with E-state index in [1.165, 1.54) is 12.8 Å². The molecule has 0 aliphatic heterocycles. The highest BCUT2D eigenvalue weighted by atomic mass is 19.4. The fourth-order valence-electron chi connectivity index (χ4n) is 6.88. The molecule has 6 heteroatoms. The standard InChI is InChI=1S/C20H18F3N3/c21-20(22,23)16-15(11-4-2-1-3-5-11)24-17(26-25-16)18-8-13-6-12-7-14(9-18)19(12,13)10-18/h1-5,12-14H,6-10H2. The zero-order chi connectivity index (χ0) is 17.7. The van der Waals surface area contributed by atoms with Crippen LogP contribution < -0.4 is 0 Å². The van der Waals surface area contributed by atoms with Gasteiger partial charge in [-0.1, -0.05) is 30.3 Å². The van der Waals surface area contributed by atoms with Gasteiger partial charge in [0.2, 0.25) is 0 Å². The lowest BCUT2D eigenvalue weighted by Gasteiger charge is -2.66. The van der Waals surface area contributed by atoms with Crippen molar-refractivity contribution in [3.63, 3.8) is 0 Å². The van der Waals surface area contributed by atoms with Crippen LogP contribution in [0.3, 0.4) is 0 Å². The molecule has 3 nitrogen and oxygen atoms in total. The van der Waals surface area contributed by atoms with Crippen molar-refractivity contribution in [3.8, 4) is 11.3 Å². The first-order valence-corrected chi connectivity index (χ1v) is 9.30. The first-order valence-electron chi connectivity index (χ1n) is 9.30. The normalized spacial score (nSPS) is 39.3. The largest absolute Gasteiger partial charge is 0.437 e. The summed E-state index contributed by atoms with van der Waals surface area (Å²) in [5.41, 5.74) is -0.294. The van der Waals surface area contributed by atoms with Gasteiger partial charge in [0.15, 0.2) is 11.5 Å². The Balaban J connectivity index is 1.49. The van der Waals surface area contributed by atoms with E-state index in [0.717, 1.165) is 37.0 Å². The third-order valence-electron chi connectivity index (χ3n) is 7.81. The summed E-state index contributed by atoms with van der Waals surface area (Å²) in [6.07, 6.45) is 1.13. The first kappa shape index (κ1) is 15.1. The molecule has 0 amide bonds. The number of rotatable bonds is 2. The molecule has 0 radical (unpaired) electrons. The van der Waals surface area contributed by atoms with Crippen LogP contribution in [-0.4, -0.2) is 15.2 Å². The maximum Gasteiger partial charge on any atom is 0.437 e. The van der Waals surface area contributed by atoms with Crippen molar-refractivity contribution in [2.75, 3.05) is 0 Å². The summed E-state index contributed by atoms with van der Waals surface area (Å²) in [5, 5.41) is 7.70. The molecule has 4 saturated carbocycles. The van der Waals surface area contributed by atoms with Crippen molar-refractivity contribution in [1.29, 1.82) is 0 Å². The van der Waals surface area contributed by atoms with Crippen LogP contribution in [0, 0.1) is 23.2 Å². The number of hydrogen-bond acceptors (Lipinski definition) is 3. The molecular formula is C20H18F3N3. The van der Waals surface area contributed by atoms with Gasteiger partial charge in [0, 0.05) is 11.0 Å². The van der Waals surface area contributed by atoms with Gasteiger partial charge in [-0.25, -0.2) is 4.98 Å². The zero-order valence-corrected chi connectivity index (χ0v) is 14.1. The molecule has 2 unspecified atom stereocenters. The molecule has 1 heterocycles. The van der Waals surface area contributed by atoms with Crippen LogP contribution in [0.2, 0.25) is 0 Å². The van der Waals surface area contributed by atoms with Gasteiger partial charge in [0.1, 0.15) is 5.69 Å². The highest BCUT2D eigenvalue weighted by Gasteiger charge is 2.78. The molecule has 26 heavy (non-hydrogen) atoms. The maximum absolute atomic E-state index is 13.5. The number of fused-ring (bicyclic) bond motifs is 1. The number of alkyl halides is 3. The van der Waals surface area contributed by atoms with Crippen LogP contribution in [-0.2, 0) is 11.6 Å². The minimum Gasteiger partial charge on any atom is -0.228 e. The molecule has 2 atom stereocenters. The first-order chi connectivity index (χ1) is 12.4. The Morgan fingerprint density at radius 2 is 1.62 bits per heavy atom. The number of nitrogens with zero attached hydrogens (tertiary/aromatic N) is 3. The van der Waals surface area contributed by atoms with E-state index in [1.54, 1.807) is 30.3 Å². The number of benzene rings is 1. The van der Waals surface area contributed by atoms with E-state index in [0.29, 0.717) is 16.8 Å². The lowest BCUT2D eigenvalue weighted by atomic mass is 9.38. The Hall–Kier alpha value is -1.98. The average Bonchev–Trinajstić information content (AvgIpc) is 3.09. The summed E-state index contributed by atoms with van der Waals surface area (Å²) >= 11 is 0. The van der Waals surface area contributed by atoms with Crippen molar-refractivity contribution in [2.24, 2.45) is 23.2 Å². The van der Waals surface area contributed by atoms with Crippen molar-refractivity contribution < 1.29 is 13.2 Å². The van der Waals surface area contributed by atoms with Gasteiger partial charge in [0.05, 0.1) is 0 Å². The molecule has 1 aromatic heterocycles. The lowest BCUT2D eigenvalue weighted by Crippen LogP contribution is -2.59. The van der Waals surface area contributed by atoms with E-state index in [4.69, 9.17) is 0 Å². The van der Waals surface area contributed by atoms with Gasteiger partial charge in [-0.05, 0) is 55.3 Å². The Morgan fingerprint density at radius 1 is 0.923 bits per heavy atom. The third kappa shape index (κ3) is 1.64. The second-order valence-corrected chi connectivity index (χ2v) is 8.74. The van der Waals surface area contributed by atoms with E-state index in [2.05, 4.69) is 15.2 Å². The predicted molar refractivity (Wildman–Crippen MR) is 87.9 cm³/mol. The van der Waals surface area contributed by atoms with Crippen molar-refractivity contribution in [3.05, 3.63) is 41.9 Å². The zero-order valence-electron chi connectivity index (χ0n) is 14.1. The molecular weight excluding hydrogens is 339 g/mol. The van der Waals surface area contributed by atoms with Crippen molar-refractivity contribution >= 4 is 0 Å². The van der Waals surface area contributed by atoms with Crippen LogP contribution in [0.15, 0.2) is 30.3 Å². The van der Waals surface area contributed by atoms with E-state index >= 15 is 0 Å². The molecule has 1 spiro atoms. The second kappa shape index (κ2) is 4.46. The molecule has 2 bridgehead atoms. The Morgan fingerprint density at radius 3 is 2.19 bits per heavy atom. The molecule has 6 rings (SSSR count). The molecule has 4 fully saturated rings. The minimum atomic E-state index is -4.56. The summed E-state index contributed by atoms with van der Waals surface area (Å²) < 4.78 is 40.5. The fraction of sp³-hybridized carbons (Fsp3) is 0.550. The predicted octanol–water partition coefficient (Wildman–Crippen LogP) is 4.64. The van der Waals surface area contributed by atoms with E-state index < -0.39 is 11.9 Å². The summed E-state index contributed by atoms with van der Waals surface area (Å²) in [5.74, 6) is 2.84. The molecule has 4 aliphatic carbocycles. The van der Waals surface area contributed by atoms with Crippen LogP contribution >= 0.6 is 0 Å². The van der Waals surface area contributed by atoms with Crippen molar-refractivity contribution in [1.82, 2.24) is 15.2 Å². The van der Waals surface area contributed by atoms with Crippen molar-refractivity contribution in [2.45, 2.75) is 43.7 Å². The monoisotopic (exact) mass is 357 g/mol. The summed E-state index contributed by atoms with van der Waals surface area (Å²) in [7, 11) is 0.